The molecule has 0 aliphatic carbocycles. The number of amides is 3. The van der Waals surface area contributed by atoms with Gasteiger partial charge >= 0.3 is 18.2 Å². The van der Waals surface area contributed by atoms with Crippen molar-refractivity contribution in [2.24, 2.45) is 12.8 Å². The lowest BCUT2D eigenvalue weighted by Crippen LogP contribution is -2.36. The van der Waals surface area contributed by atoms with E-state index in [9.17, 15) is 22.8 Å². The van der Waals surface area contributed by atoms with Gasteiger partial charge in [-0.3, -0.25) is 9.48 Å². The minimum Gasteiger partial charge on any atom is -0.475 e. The highest BCUT2D eigenvalue weighted by molar-refractivity contribution is 7.14. The predicted octanol–water partition coefficient (Wildman–Crippen LogP) is 1.48. The van der Waals surface area contributed by atoms with E-state index in [2.05, 4.69) is 21.0 Å². The van der Waals surface area contributed by atoms with Gasteiger partial charge < -0.3 is 26.8 Å². The number of nitrogens with two attached hydrogens (primary N) is 1. The van der Waals surface area contributed by atoms with E-state index in [1.165, 1.54) is 11.3 Å². The number of carboxylic acids is 1. The molecule has 3 rings (SSSR count). The molecule has 1 fully saturated rings. The number of carboxylic acid groups (broad SMARTS) is 1. The van der Waals surface area contributed by atoms with E-state index in [1.807, 2.05) is 25.5 Å². The molecule has 2 aromatic rings. The van der Waals surface area contributed by atoms with Crippen molar-refractivity contribution in [2.75, 3.05) is 18.4 Å². The van der Waals surface area contributed by atoms with Gasteiger partial charge in [-0.05, 0) is 37.4 Å². The van der Waals surface area contributed by atoms with Gasteiger partial charge in [-0.15, -0.1) is 11.3 Å². The van der Waals surface area contributed by atoms with Gasteiger partial charge in [0.2, 0.25) is 0 Å². The fourth-order valence-corrected chi connectivity index (χ4v) is 3.87. The number of aryl methyl sites for hydroxylation is 3. The average Bonchev–Trinajstić information content (AvgIpc) is 3.41. The normalized spacial score (nSPS) is 15.6. The van der Waals surface area contributed by atoms with Crippen LogP contribution in [0.2, 0.25) is 0 Å². The SMILES string of the molecule is Cn1cc(CCc2cc(NC(N)=O)c(C(=O)NC3CCNC3)s2)cn1.O=C(O)C(F)(F)F. The summed E-state index contributed by atoms with van der Waals surface area (Å²) in [5.74, 6) is -2.93. The maximum absolute atomic E-state index is 12.6. The Morgan fingerprint density at radius 1 is 1.38 bits per heavy atom. The zero-order chi connectivity index (χ0) is 23.9. The van der Waals surface area contributed by atoms with E-state index in [0.29, 0.717) is 10.6 Å². The summed E-state index contributed by atoms with van der Waals surface area (Å²) in [4.78, 5) is 34.2. The van der Waals surface area contributed by atoms with Gasteiger partial charge in [0.1, 0.15) is 4.88 Å². The summed E-state index contributed by atoms with van der Waals surface area (Å²) in [6.45, 7) is 1.67. The van der Waals surface area contributed by atoms with Crippen molar-refractivity contribution in [1.29, 1.82) is 0 Å². The Hall–Kier alpha value is -3.13. The third-order valence-corrected chi connectivity index (χ3v) is 5.50. The Kier molecular flexibility index (Phi) is 8.60. The highest BCUT2D eigenvalue weighted by Gasteiger charge is 2.38. The number of halogens is 3. The smallest absolute Gasteiger partial charge is 0.475 e. The Labute approximate surface area is 185 Å². The fourth-order valence-electron chi connectivity index (χ4n) is 2.86. The lowest BCUT2D eigenvalue weighted by Gasteiger charge is -2.11. The minimum atomic E-state index is -5.08. The number of carbonyl (C=O) groups is 3. The van der Waals surface area contributed by atoms with Gasteiger partial charge in [-0.2, -0.15) is 18.3 Å². The van der Waals surface area contributed by atoms with Crippen LogP contribution < -0.4 is 21.7 Å². The molecule has 0 aromatic carbocycles. The van der Waals surface area contributed by atoms with Crippen molar-refractivity contribution in [3.05, 3.63) is 33.8 Å². The van der Waals surface area contributed by atoms with E-state index < -0.39 is 18.2 Å². The van der Waals surface area contributed by atoms with Gasteiger partial charge in [0.15, 0.2) is 0 Å². The molecule has 2 aromatic heterocycles. The molecular weight excluding hydrogens is 453 g/mol. The van der Waals surface area contributed by atoms with Crippen LogP contribution in [-0.4, -0.2) is 58.1 Å². The molecule has 6 N–H and O–H groups in total. The van der Waals surface area contributed by atoms with Crippen LogP contribution in [-0.2, 0) is 24.7 Å². The zero-order valence-corrected chi connectivity index (χ0v) is 17.8. The molecule has 3 heterocycles. The lowest BCUT2D eigenvalue weighted by atomic mass is 10.2. The first-order valence-electron chi connectivity index (χ1n) is 9.44. The molecule has 0 bridgehead atoms. The highest BCUT2D eigenvalue weighted by Crippen LogP contribution is 2.28. The second-order valence-electron chi connectivity index (χ2n) is 6.93. The van der Waals surface area contributed by atoms with E-state index in [1.54, 1.807) is 4.68 Å². The maximum atomic E-state index is 12.6. The monoisotopic (exact) mass is 476 g/mol. The first-order valence-corrected chi connectivity index (χ1v) is 10.3. The highest BCUT2D eigenvalue weighted by atomic mass is 32.1. The van der Waals surface area contributed by atoms with Crippen LogP contribution in [0.4, 0.5) is 23.7 Å². The second-order valence-corrected chi connectivity index (χ2v) is 8.07. The Morgan fingerprint density at radius 3 is 2.56 bits per heavy atom. The van der Waals surface area contributed by atoms with Crippen molar-refractivity contribution in [2.45, 2.75) is 31.5 Å². The largest absolute Gasteiger partial charge is 0.490 e. The molecule has 10 nitrogen and oxygen atoms in total. The molecular formula is C18H23F3N6O4S. The maximum Gasteiger partial charge on any atom is 0.490 e. The molecule has 32 heavy (non-hydrogen) atoms. The number of alkyl halides is 3. The van der Waals surface area contributed by atoms with Crippen LogP contribution in [0.15, 0.2) is 18.5 Å². The van der Waals surface area contributed by atoms with Crippen LogP contribution in [0.3, 0.4) is 0 Å². The minimum absolute atomic E-state index is 0.120. The molecule has 0 spiro atoms. The molecule has 1 saturated heterocycles. The molecule has 1 atom stereocenters. The first-order chi connectivity index (χ1) is 15.0. The number of hydrogen-bond acceptors (Lipinski definition) is 6. The number of urea groups is 1. The van der Waals surface area contributed by atoms with Gasteiger partial charge in [-0.25, -0.2) is 9.59 Å². The first kappa shape index (κ1) is 25.1. The Balaban J connectivity index is 0.000000451. The van der Waals surface area contributed by atoms with Crippen molar-refractivity contribution in [3.63, 3.8) is 0 Å². The fraction of sp³-hybridized carbons (Fsp3) is 0.444. The quantitative estimate of drug-likeness (QED) is 0.426. The lowest BCUT2D eigenvalue weighted by molar-refractivity contribution is -0.192. The molecule has 0 saturated carbocycles. The third-order valence-electron chi connectivity index (χ3n) is 4.30. The molecule has 1 aliphatic heterocycles. The topological polar surface area (TPSA) is 151 Å². The standard InChI is InChI=1S/C16H22N6O2S.C2HF3O2/c1-22-9-10(7-19-22)2-3-12-6-13(21-16(17)24)14(25-12)15(23)20-11-4-5-18-8-11;3-2(4,5)1(6)7/h6-7,9,11,18H,2-5,8H2,1H3,(H,20,23)(H3,17,21,24);(H,6,7). The summed E-state index contributed by atoms with van der Waals surface area (Å²) in [5, 5.41) is 20.1. The van der Waals surface area contributed by atoms with E-state index in [-0.39, 0.29) is 11.9 Å². The van der Waals surface area contributed by atoms with Gasteiger partial charge in [-0.1, -0.05) is 0 Å². The zero-order valence-electron chi connectivity index (χ0n) is 17.0. The van der Waals surface area contributed by atoms with Crippen molar-refractivity contribution >= 4 is 34.9 Å². The summed E-state index contributed by atoms with van der Waals surface area (Å²) in [6.07, 6.45) is 1.21. The number of aromatic nitrogens is 2. The van der Waals surface area contributed by atoms with Crippen molar-refractivity contribution < 1.29 is 32.7 Å². The Morgan fingerprint density at radius 2 is 2.06 bits per heavy atom. The number of nitrogens with zero attached hydrogens (tertiary/aromatic N) is 2. The number of thiophene rings is 1. The van der Waals surface area contributed by atoms with Gasteiger partial charge in [0.05, 0.1) is 11.9 Å². The van der Waals surface area contributed by atoms with Crippen molar-refractivity contribution in [1.82, 2.24) is 20.4 Å². The predicted molar refractivity (Wildman–Crippen MR) is 111 cm³/mol. The molecule has 14 heteroatoms. The summed E-state index contributed by atoms with van der Waals surface area (Å²) in [6, 6.07) is 1.27. The summed E-state index contributed by atoms with van der Waals surface area (Å²) < 4.78 is 33.5. The second kappa shape index (κ2) is 10.9. The molecule has 0 radical (unpaired) electrons. The summed E-state index contributed by atoms with van der Waals surface area (Å²) in [7, 11) is 1.88. The molecule has 1 unspecified atom stereocenters. The number of carbonyl (C=O) groups excluding carboxylic acids is 2. The molecule has 1 aliphatic rings. The number of hydrogen-bond donors (Lipinski definition) is 5. The van der Waals surface area contributed by atoms with Gasteiger partial charge in [0, 0.05) is 30.7 Å². The van der Waals surface area contributed by atoms with Crippen LogP contribution in [0.1, 0.15) is 26.5 Å². The van der Waals surface area contributed by atoms with E-state index in [0.717, 1.165) is 42.8 Å². The third kappa shape index (κ3) is 7.85. The van der Waals surface area contributed by atoms with E-state index in [4.69, 9.17) is 15.6 Å². The van der Waals surface area contributed by atoms with Crippen LogP contribution in [0, 0.1) is 0 Å². The number of aliphatic carboxylic acids is 1. The van der Waals surface area contributed by atoms with Crippen LogP contribution >= 0.6 is 11.3 Å². The summed E-state index contributed by atoms with van der Waals surface area (Å²) in [5.41, 5.74) is 6.84. The van der Waals surface area contributed by atoms with Crippen molar-refractivity contribution in [3.8, 4) is 0 Å². The number of rotatable bonds is 6. The molecule has 3 amide bonds. The Bertz CT molecular complexity index is 953. The number of nitrogens with one attached hydrogen (secondary N) is 3. The van der Waals surface area contributed by atoms with Crippen LogP contribution in [0.25, 0.3) is 0 Å². The number of anilines is 1. The van der Waals surface area contributed by atoms with E-state index >= 15 is 0 Å². The summed E-state index contributed by atoms with van der Waals surface area (Å²) >= 11 is 1.39. The average molecular weight is 476 g/mol. The van der Waals surface area contributed by atoms with Gasteiger partial charge in [0.25, 0.3) is 5.91 Å². The number of primary amides is 1. The van der Waals surface area contributed by atoms with Crippen LogP contribution in [0.5, 0.6) is 0 Å². The molecule has 176 valence electrons.